The molecule has 5 heteroatoms. The molecule has 2 rings (SSSR count). The van der Waals surface area contributed by atoms with Crippen LogP contribution >= 0.6 is 0 Å². The van der Waals surface area contributed by atoms with Crippen LogP contribution in [-0.4, -0.2) is 40.0 Å². The van der Waals surface area contributed by atoms with Gasteiger partial charge in [0.05, 0.1) is 12.0 Å². The molecule has 90 valence electrons. The molecule has 2 fully saturated rings. The Bertz CT molecular complexity index is 318. The van der Waals surface area contributed by atoms with Crippen molar-refractivity contribution in [2.75, 3.05) is 0 Å². The van der Waals surface area contributed by atoms with Crippen LogP contribution in [-0.2, 0) is 9.59 Å². The molecule has 2 aliphatic heterocycles. The molecule has 4 atom stereocenters. The highest BCUT2D eigenvalue weighted by molar-refractivity contribution is 5.84. The first-order valence-electron chi connectivity index (χ1n) is 5.86. The average molecular weight is 226 g/mol. The van der Waals surface area contributed by atoms with Crippen molar-refractivity contribution in [2.24, 2.45) is 11.7 Å². The number of nitrogens with two attached hydrogens (primary N) is 1. The summed E-state index contributed by atoms with van der Waals surface area (Å²) in [5, 5.41) is 9.06. The molecule has 2 aliphatic rings. The van der Waals surface area contributed by atoms with Gasteiger partial charge in [-0.1, -0.05) is 6.92 Å². The average Bonchev–Trinajstić information content (AvgIpc) is 2.83. The van der Waals surface area contributed by atoms with Crippen molar-refractivity contribution in [1.29, 1.82) is 0 Å². The summed E-state index contributed by atoms with van der Waals surface area (Å²) in [7, 11) is 0. The van der Waals surface area contributed by atoms with E-state index in [0.717, 1.165) is 12.8 Å². The van der Waals surface area contributed by atoms with Crippen LogP contribution in [0.2, 0.25) is 0 Å². The van der Waals surface area contributed by atoms with Crippen LogP contribution < -0.4 is 5.73 Å². The fourth-order valence-electron chi connectivity index (χ4n) is 2.96. The van der Waals surface area contributed by atoms with Crippen molar-refractivity contribution in [2.45, 2.75) is 50.7 Å². The van der Waals surface area contributed by atoms with Crippen molar-refractivity contribution in [1.82, 2.24) is 4.90 Å². The lowest BCUT2D eigenvalue weighted by molar-refractivity contribution is -0.143. The Morgan fingerprint density at radius 3 is 2.69 bits per heavy atom. The van der Waals surface area contributed by atoms with Crippen LogP contribution in [0.4, 0.5) is 0 Å². The highest BCUT2D eigenvalue weighted by Crippen LogP contribution is 2.42. The maximum Gasteiger partial charge on any atom is 0.308 e. The van der Waals surface area contributed by atoms with Crippen molar-refractivity contribution in [3.05, 3.63) is 0 Å². The van der Waals surface area contributed by atoms with Gasteiger partial charge in [0.1, 0.15) is 0 Å². The summed E-state index contributed by atoms with van der Waals surface area (Å²) >= 11 is 0. The van der Waals surface area contributed by atoms with E-state index in [2.05, 4.69) is 0 Å². The molecule has 2 saturated heterocycles. The summed E-state index contributed by atoms with van der Waals surface area (Å²) in [4.78, 5) is 24.8. The van der Waals surface area contributed by atoms with E-state index in [1.165, 1.54) is 0 Å². The van der Waals surface area contributed by atoms with Gasteiger partial charge in [-0.3, -0.25) is 9.59 Å². The number of rotatable bonds is 3. The van der Waals surface area contributed by atoms with Gasteiger partial charge in [0, 0.05) is 12.1 Å². The van der Waals surface area contributed by atoms with Gasteiger partial charge in [-0.15, -0.1) is 0 Å². The first-order valence-corrected chi connectivity index (χ1v) is 5.86. The van der Waals surface area contributed by atoms with Gasteiger partial charge in [-0.05, 0) is 25.7 Å². The Morgan fingerprint density at radius 2 is 2.19 bits per heavy atom. The zero-order valence-corrected chi connectivity index (χ0v) is 9.43. The SMILES string of the molecule is CC[C@H](N)C(=O)N1C2CCC1C(C(=O)O)C2. The predicted octanol–water partition coefficient (Wildman–Crippen LogP) is 0.188. The fourth-order valence-corrected chi connectivity index (χ4v) is 2.96. The second-order valence-corrected chi connectivity index (χ2v) is 4.74. The Kier molecular flexibility index (Phi) is 2.88. The molecule has 0 spiro atoms. The van der Waals surface area contributed by atoms with Gasteiger partial charge >= 0.3 is 5.97 Å². The summed E-state index contributed by atoms with van der Waals surface area (Å²) in [5.41, 5.74) is 5.73. The third kappa shape index (κ3) is 1.59. The highest BCUT2D eigenvalue weighted by atomic mass is 16.4. The zero-order chi connectivity index (χ0) is 11.9. The lowest BCUT2D eigenvalue weighted by atomic mass is 9.89. The number of carbonyl (C=O) groups excluding carboxylic acids is 1. The van der Waals surface area contributed by atoms with Gasteiger partial charge in [0.2, 0.25) is 5.91 Å². The molecule has 16 heavy (non-hydrogen) atoms. The van der Waals surface area contributed by atoms with E-state index in [9.17, 15) is 9.59 Å². The third-order valence-electron chi connectivity index (χ3n) is 3.87. The van der Waals surface area contributed by atoms with Crippen molar-refractivity contribution < 1.29 is 14.7 Å². The van der Waals surface area contributed by atoms with Gasteiger partial charge in [-0.2, -0.15) is 0 Å². The summed E-state index contributed by atoms with van der Waals surface area (Å²) in [6.45, 7) is 1.87. The van der Waals surface area contributed by atoms with E-state index >= 15 is 0 Å². The molecule has 0 aromatic heterocycles. The minimum Gasteiger partial charge on any atom is -0.481 e. The monoisotopic (exact) mass is 226 g/mol. The van der Waals surface area contributed by atoms with Gasteiger partial charge in [0.25, 0.3) is 0 Å². The normalized spacial score (nSPS) is 34.1. The first-order chi connectivity index (χ1) is 7.56. The molecular formula is C11H18N2O3. The number of hydrogen-bond acceptors (Lipinski definition) is 3. The number of aliphatic carboxylic acids is 1. The fraction of sp³-hybridized carbons (Fsp3) is 0.818. The van der Waals surface area contributed by atoms with E-state index in [4.69, 9.17) is 10.8 Å². The quantitative estimate of drug-likeness (QED) is 0.719. The van der Waals surface area contributed by atoms with Crippen LogP contribution in [0.1, 0.15) is 32.6 Å². The number of carbonyl (C=O) groups is 2. The van der Waals surface area contributed by atoms with Gasteiger partial charge < -0.3 is 15.7 Å². The molecule has 5 nitrogen and oxygen atoms in total. The molecular weight excluding hydrogens is 208 g/mol. The zero-order valence-electron chi connectivity index (χ0n) is 9.43. The Labute approximate surface area is 94.6 Å². The molecule has 0 saturated carbocycles. The molecule has 0 aromatic carbocycles. The summed E-state index contributed by atoms with van der Waals surface area (Å²) in [6, 6.07) is -0.487. The van der Waals surface area contributed by atoms with Crippen molar-refractivity contribution in [3.63, 3.8) is 0 Å². The number of amides is 1. The molecule has 3 unspecified atom stereocenters. The van der Waals surface area contributed by atoms with E-state index in [1.807, 2.05) is 6.92 Å². The smallest absolute Gasteiger partial charge is 0.308 e. The number of nitrogens with zero attached hydrogens (tertiary/aromatic N) is 1. The predicted molar refractivity (Wildman–Crippen MR) is 57.7 cm³/mol. The Morgan fingerprint density at radius 1 is 1.50 bits per heavy atom. The number of carboxylic acid groups (broad SMARTS) is 1. The maximum atomic E-state index is 12.0. The second kappa shape index (κ2) is 4.05. The summed E-state index contributed by atoms with van der Waals surface area (Å²) in [5.74, 6) is -1.24. The van der Waals surface area contributed by atoms with Gasteiger partial charge in [-0.25, -0.2) is 0 Å². The number of carboxylic acids is 1. The summed E-state index contributed by atoms with van der Waals surface area (Å²) < 4.78 is 0. The lowest BCUT2D eigenvalue weighted by Gasteiger charge is -2.25. The molecule has 0 aliphatic carbocycles. The van der Waals surface area contributed by atoms with Gasteiger partial charge in [0.15, 0.2) is 0 Å². The molecule has 2 bridgehead atoms. The van der Waals surface area contributed by atoms with Crippen LogP contribution in [0.25, 0.3) is 0 Å². The van der Waals surface area contributed by atoms with E-state index in [1.54, 1.807) is 4.90 Å². The van der Waals surface area contributed by atoms with Crippen LogP contribution in [0.5, 0.6) is 0 Å². The van der Waals surface area contributed by atoms with E-state index < -0.39 is 12.0 Å². The highest BCUT2D eigenvalue weighted by Gasteiger charge is 2.51. The molecule has 2 heterocycles. The standard InChI is InChI=1S/C11H18N2O3/c1-2-8(12)10(14)13-6-3-4-9(13)7(5-6)11(15)16/h6-9H,2-5,12H2,1H3,(H,15,16)/t6?,7?,8-,9?/m0/s1. The van der Waals surface area contributed by atoms with Crippen molar-refractivity contribution >= 4 is 11.9 Å². The minimum atomic E-state index is -0.782. The number of hydrogen-bond donors (Lipinski definition) is 2. The van der Waals surface area contributed by atoms with Crippen LogP contribution in [0, 0.1) is 5.92 Å². The van der Waals surface area contributed by atoms with Crippen LogP contribution in [0.15, 0.2) is 0 Å². The third-order valence-corrected chi connectivity index (χ3v) is 3.87. The summed E-state index contributed by atoms with van der Waals surface area (Å²) in [6.07, 6.45) is 2.94. The lowest BCUT2D eigenvalue weighted by Crippen LogP contribution is -2.46. The van der Waals surface area contributed by atoms with Crippen LogP contribution in [0.3, 0.4) is 0 Å². The van der Waals surface area contributed by atoms with Crippen molar-refractivity contribution in [3.8, 4) is 0 Å². The second-order valence-electron chi connectivity index (χ2n) is 4.74. The molecule has 1 amide bonds. The number of fused-ring (bicyclic) bond motifs is 2. The molecule has 0 radical (unpaired) electrons. The molecule has 3 N–H and O–H groups in total. The topological polar surface area (TPSA) is 83.6 Å². The van der Waals surface area contributed by atoms with E-state index in [-0.39, 0.29) is 23.9 Å². The first kappa shape index (κ1) is 11.4. The van der Waals surface area contributed by atoms with E-state index in [0.29, 0.717) is 12.8 Å². The largest absolute Gasteiger partial charge is 0.481 e. The maximum absolute atomic E-state index is 12.0. The molecule has 0 aromatic rings. The minimum absolute atomic E-state index is 0.0706. The Balaban J connectivity index is 2.13. The Hall–Kier alpha value is -1.10.